The van der Waals surface area contributed by atoms with Crippen LogP contribution in [-0.4, -0.2) is 38.4 Å². The standard InChI is InChI=1S/C51H56N2O6/c52-36-38-13-17-40(18-14-38)42-23-27-46(28-24-42)56-31-9-5-1-3-7-11-33-58-50(54)48-44-21-22-45(35-44)49(48)51(55)59-34-12-8-4-2-6-10-32-57-47-29-25-43(26-30-47)41-19-15-39(37-53)16-20-41/h13-30,44-45,48-49H,1-12,31-35H2/i21D,22D,35D2,44D,45D,48D,49D. The Hall–Kier alpha value is -5.86. The fourth-order valence-electron chi connectivity index (χ4n) is 6.86. The summed E-state index contributed by atoms with van der Waals surface area (Å²) in [4.78, 5) is 27.6. The van der Waals surface area contributed by atoms with Crippen molar-refractivity contribution in [3.63, 3.8) is 0 Å². The Kier molecular flexibility index (Phi) is 12.8. The molecule has 59 heavy (non-hydrogen) atoms. The van der Waals surface area contributed by atoms with Crippen LogP contribution in [0.15, 0.2) is 109 Å². The SMILES string of the molecule is [2H]C1=C([2H])C2([2H])C([2H])([2H])C1([2H])C([2H])(C(=O)OCCCCCCCCOc1ccc(-c3ccc(C#N)cc3)cc1)C2([2H])C(=O)OCCCCCCCCOc1ccc(-c2ccc(C#N)cc2)cc1. The maximum atomic E-state index is 13.8. The monoisotopic (exact) mass is 800 g/mol. The first-order valence-electron chi connectivity index (χ1n) is 24.6. The van der Waals surface area contributed by atoms with Gasteiger partial charge in [-0.3, -0.25) is 9.59 Å². The average molecular weight is 801 g/mol. The molecule has 306 valence electrons. The van der Waals surface area contributed by atoms with E-state index >= 15 is 0 Å². The highest BCUT2D eigenvalue weighted by Crippen LogP contribution is 2.49. The Balaban J connectivity index is 0.892. The Morgan fingerprint density at radius 3 is 1.15 bits per heavy atom. The molecule has 2 aliphatic carbocycles. The lowest BCUT2D eigenvalue weighted by atomic mass is 9.83. The minimum atomic E-state index is -3.41. The van der Waals surface area contributed by atoms with E-state index in [1.54, 1.807) is 24.3 Å². The lowest BCUT2D eigenvalue weighted by Crippen LogP contribution is -2.35. The number of ether oxygens (including phenoxy) is 4. The lowest BCUT2D eigenvalue weighted by molar-refractivity contribution is -0.161. The molecule has 4 aromatic rings. The van der Waals surface area contributed by atoms with Gasteiger partial charge in [0.1, 0.15) is 11.5 Å². The number of carbonyl (C=O) groups excluding carboxylic acids is 2. The van der Waals surface area contributed by atoms with Gasteiger partial charge in [-0.25, -0.2) is 0 Å². The van der Waals surface area contributed by atoms with Gasteiger partial charge < -0.3 is 18.9 Å². The van der Waals surface area contributed by atoms with Gasteiger partial charge in [0.05, 0.1) is 64.2 Å². The van der Waals surface area contributed by atoms with Crippen LogP contribution < -0.4 is 9.47 Å². The smallest absolute Gasteiger partial charge is 0.310 e. The zero-order chi connectivity index (χ0) is 48.3. The molecule has 0 spiro atoms. The lowest BCUT2D eigenvalue weighted by Gasteiger charge is -2.25. The molecule has 0 aromatic heterocycles. The predicted octanol–water partition coefficient (Wildman–Crippen LogP) is 11.4. The van der Waals surface area contributed by atoms with Crippen LogP contribution in [0.4, 0.5) is 0 Å². The van der Waals surface area contributed by atoms with Crippen LogP contribution in [-0.2, 0) is 19.1 Å². The number of hydrogen-bond acceptors (Lipinski definition) is 8. The van der Waals surface area contributed by atoms with Crippen molar-refractivity contribution >= 4 is 11.9 Å². The summed E-state index contributed by atoms with van der Waals surface area (Å²) < 4.78 is 93.3. The zero-order valence-electron chi connectivity index (χ0n) is 41.4. The van der Waals surface area contributed by atoms with Crippen LogP contribution >= 0.6 is 0 Å². The van der Waals surface area contributed by atoms with Crippen molar-refractivity contribution in [1.29, 1.82) is 10.5 Å². The predicted molar refractivity (Wildman–Crippen MR) is 229 cm³/mol. The summed E-state index contributed by atoms with van der Waals surface area (Å²) in [5.74, 6) is -15.0. The third kappa shape index (κ3) is 12.8. The number of nitriles is 2. The summed E-state index contributed by atoms with van der Waals surface area (Å²) in [7, 11) is 0. The first-order valence-corrected chi connectivity index (χ1v) is 20.6. The molecule has 0 amide bonds. The molecule has 4 unspecified atom stereocenters. The molecule has 0 N–H and O–H groups in total. The summed E-state index contributed by atoms with van der Waals surface area (Å²) in [5.41, 5.74) is 5.25. The second-order valence-electron chi connectivity index (χ2n) is 14.5. The van der Waals surface area contributed by atoms with Gasteiger partial charge in [-0.1, -0.05) is 112 Å². The summed E-state index contributed by atoms with van der Waals surface area (Å²) >= 11 is 0. The van der Waals surface area contributed by atoms with E-state index in [4.69, 9.17) is 37.7 Å². The van der Waals surface area contributed by atoms with Crippen LogP contribution in [0.25, 0.3) is 22.3 Å². The molecule has 1 saturated carbocycles. The van der Waals surface area contributed by atoms with Crippen molar-refractivity contribution in [1.82, 2.24) is 0 Å². The molecule has 0 radical (unpaired) electrons. The molecular formula is C51H56N2O6. The average Bonchev–Trinajstić information content (AvgIpc) is 3.51. The maximum absolute atomic E-state index is 13.8. The fourth-order valence-corrected chi connectivity index (χ4v) is 6.86. The summed E-state index contributed by atoms with van der Waals surface area (Å²) in [5, 5.41) is 18.0. The molecule has 0 saturated heterocycles. The number of allylic oxidation sites excluding steroid dienone is 2. The largest absolute Gasteiger partial charge is 0.494 e. The van der Waals surface area contributed by atoms with E-state index in [1.165, 1.54) is 0 Å². The number of rotatable bonds is 24. The van der Waals surface area contributed by atoms with Gasteiger partial charge in [-0.05, 0) is 115 Å². The van der Waals surface area contributed by atoms with Gasteiger partial charge >= 0.3 is 11.9 Å². The third-order valence-corrected chi connectivity index (χ3v) is 10.2. The van der Waals surface area contributed by atoms with E-state index in [2.05, 4.69) is 12.1 Å². The number of carbonyl (C=O) groups is 2. The van der Waals surface area contributed by atoms with Crippen LogP contribution in [0.1, 0.15) is 106 Å². The molecule has 4 atom stereocenters. The van der Waals surface area contributed by atoms with Gasteiger partial charge in [0.25, 0.3) is 0 Å². The minimum absolute atomic E-state index is 0.249. The van der Waals surface area contributed by atoms with Crippen molar-refractivity contribution in [3.8, 4) is 45.9 Å². The molecule has 2 bridgehead atoms. The molecule has 6 rings (SSSR count). The van der Waals surface area contributed by atoms with Gasteiger partial charge in [0, 0.05) is 8.22 Å². The number of hydrogen-bond donors (Lipinski definition) is 0. The van der Waals surface area contributed by atoms with Crippen LogP contribution in [0.3, 0.4) is 0 Å². The second-order valence-corrected chi connectivity index (χ2v) is 14.5. The minimum Gasteiger partial charge on any atom is -0.494 e. The van der Waals surface area contributed by atoms with E-state index < -0.39 is 54.0 Å². The van der Waals surface area contributed by atoms with Gasteiger partial charge in [0.2, 0.25) is 0 Å². The third-order valence-electron chi connectivity index (χ3n) is 10.2. The van der Waals surface area contributed by atoms with Crippen LogP contribution in [0.2, 0.25) is 0 Å². The van der Waals surface area contributed by atoms with E-state index in [-0.39, 0.29) is 13.2 Å². The highest BCUT2D eigenvalue weighted by Gasteiger charge is 2.53. The number of nitrogens with zero attached hydrogens (tertiary/aromatic N) is 2. The van der Waals surface area contributed by atoms with Gasteiger partial charge in [-0.15, -0.1) is 0 Å². The van der Waals surface area contributed by atoms with Crippen molar-refractivity contribution in [2.24, 2.45) is 23.6 Å². The molecule has 0 heterocycles. The molecule has 2 aliphatic rings. The summed E-state index contributed by atoms with van der Waals surface area (Å²) in [6.45, 7) is 0.562. The highest BCUT2D eigenvalue weighted by molar-refractivity contribution is 5.84. The summed E-state index contributed by atoms with van der Waals surface area (Å²) in [6, 6.07) is 32.2. The highest BCUT2D eigenvalue weighted by atomic mass is 16.5. The van der Waals surface area contributed by atoms with Crippen molar-refractivity contribution in [3.05, 3.63) is 120 Å². The van der Waals surface area contributed by atoms with Gasteiger partial charge in [-0.2, -0.15) is 10.5 Å². The molecular weight excluding hydrogens is 737 g/mol. The topological polar surface area (TPSA) is 119 Å². The number of benzene rings is 4. The maximum Gasteiger partial charge on any atom is 0.310 e. The Morgan fingerprint density at radius 1 is 0.508 bits per heavy atom. The quantitative estimate of drug-likeness (QED) is 0.0390. The molecule has 4 aromatic carbocycles. The van der Waals surface area contributed by atoms with Crippen molar-refractivity contribution in [2.45, 2.75) is 83.4 Å². The van der Waals surface area contributed by atoms with Crippen molar-refractivity contribution in [2.75, 3.05) is 26.4 Å². The van der Waals surface area contributed by atoms with Gasteiger partial charge in [0.15, 0.2) is 0 Å². The number of fused-ring (bicyclic) bond motifs is 2. The first kappa shape index (κ1) is 33.0. The first-order chi connectivity index (χ1) is 32.1. The Morgan fingerprint density at radius 2 is 0.814 bits per heavy atom. The van der Waals surface area contributed by atoms with Crippen LogP contribution in [0.5, 0.6) is 11.5 Å². The summed E-state index contributed by atoms with van der Waals surface area (Å²) in [6.07, 6.45) is 5.33. The van der Waals surface area contributed by atoms with Crippen molar-refractivity contribution < 1.29 is 39.5 Å². The van der Waals surface area contributed by atoms with Crippen LogP contribution in [0, 0.1) is 46.2 Å². The molecule has 0 aliphatic heterocycles. The Labute approximate surface area is 361 Å². The molecule has 8 heteroatoms. The van der Waals surface area contributed by atoms with E-state index in [9.17, 15) is 12.3 Å². The van der Waals surface area contributed by atoms with E-state index in [1.807, 2.05) is 72.8 Å². The van der Waals surface area contributed by atoms with E-state index in [0.29, 0.717) is 50.0 Å². The molecule has 1 fully saturated rings. The number of esters is 2. The second kappa shape index (κ2) is 22.9. The Bertz CT molecular complexity index is 2290. The molecule has 8 nitrogen and oxygen atoms in total. The normalized spacial score (nSPS) is 25.7. The van der Waals surface area contributed by atoms with E-state index in [0.717, 1.165) is 85.1 Å². The fraction of sp³-hybridized carbons (Fsp3) is 0.412. The zero-order valence-corrected chi connectivity index (χ0v) is 33.4. The number of unbranched alkanes of at least 4 members (excludes halogenated alkanes) is 10.